The molecule has 7 heteroatoms. The minimum Gasteiger partial charge on any atom is -0.507 e. The normalized spacial score (nSPS) is 18.1. The first-order valence-electron chi connectivity index (χ1n) is 10.7. The lowest BCUT2D eigenvalue weighted by Gasteiger charge is -2.29. The molecule has 4 rings (SSSR count). The molecule has 0 spiro atoms. The number of rotatable bonds is 7. The lowest BCUT2D eigenvalue weighted by molar-refractivity contribution is -0.141. The van der Waals surface area contributed by atoms with E-state index in [2.05, 4.69) is 0 Å². The van der Waals surface area contributed by atoms with Crippen LogP contribution in [0.2, 0.25) is 5.02 Å². The Kier molecular flexibility index (Phi) is 6.80. The SMILES string of the molecule is O=C(O)CC(CN1C(=O)C(=O)/C(=C(\O)c2ccccc2)C1c1ccc(Cl)cc1)c1ccccc1. The molecule has 2 atom stereocenters. The number of nitrogens with zero attached hydrogens (tertiary/aromatic N) is 1. The lowest BCUT2D eigenvalue weighted by Crippen LogP contribution is -2.34. The largest absolute Gasteiger partial charge is 0.507 e. The van der Waals surface area contributed by atoms with Gasteiger partial charge < -0.3 is 15.1 Å². The summed E-state index contributed by atoms with van der Waals surface area (Å²) in [5.41, 5.74) is 1.69. The molecular weight excluding hydrogens is 454 g/mol. The molecule has 1 heterocycles. The topological polar surface area (TPSA) is 94.9 Å². The van der Waals surface area contributed by atoms with E-state index in [0.29, 0.717) is 16.1 Å². The average molecular weight is 476 g/mol. The summed E-state index contributed by atoms with van der Waals surface area (Å²) in [6, 6.07) is 23.3. The molecule has 0 saturated carbocycles. The molecule has 1 amide bonds. The van der Waals surface area contributed by atoms with Crippen molar-refractivity contribution < 1.29 is 24.6 Å². The fourth-order valence-corrected chi connectivity index (χ4v) is 4.40. The van der Waals surface area contributed by atoms with Crippen LogP contribution in [0.1, 0.15) is 35.1 Å². The van der Waals surface area contributed by atoms with E-state index in [-0.39, 0.29) is 24.3 Å². The summed E-state index contributed by atoms with van der Waals surface area (Å²) < 4.78 is 0. The van der Waals surface area contributed by atoms with Crippen molar-refractivity contribution >= 4 is 35.0 Å². The number of ketones is 1. The molecule has 1 aliphatic rings. The summed E-state index contributed by atoms with van der Waals surface area (Å²) in [4.78, 5) is 39.3. The molecule has 0 aromatic heterocycles. The highest BCUT2D eigenvalue weighted by Crippen LogP contribution is 2.41. The van der Waals surface area contributed by atoms with Crippen molar-refractivity contribution in [3.8, 4) is 0 Å². The van der Waals surface area contributed by atoms with E-state index in [1.54, 1.807) is 78.9 Å². The predicted octanol–water partition coefficient (Wildman–Crippen LogP) is 5.02. The molecule has 0 radical (unpaired) electrons. The number of aliphatic carboxylic acids is 1. The zero-order chi connectivity index (χ0) is 24.2. The number of carbonyl (C=O) groups is 3. The first-order valence-corrected chi connectivity index (χ1v) is 11.1. The third-order valence-electron chi connectivity index (χ3n) is 5.88. The van der Waals surface area contributed by atoms with Crippen molar-refractivity contribution in [2.45, 2.75) is 18.4 Å². The van der Waals surface area contributed by atoms with Gasteiger partial charge in [0.2, 0.25) is 0 Å². The summed E-state index contributed by atoms with van der Waals surface area (Å²) in [6.07, 6.45) is -0.223. The number of carbonyl (C=O) groups excluding carboxylic acids is 2. The predicted molar refractivity (Wildman–Crippen MR) is 128 cm³/mol. The number of carboxylic acid groups (broad SMARTS) is 1. The fraction of sp³-hybridized carbons (Fsp3) is 0.148. The van der Waals surface area contributed by atoms with Crippen LogP contribution < -0.4 is 0 Å². The molecule has 1 saturated heterocycles. The Morgan fingerprint density at radius 1 is 0.882 bits per heavy atom. The highest BCUT2D eigenvalue weighted by Gasteiger charge is 2.46. The second-order valence-electron chi connectivity index (χ2n) is 8.07. The van der Waals surface area contributed by atoms with Crippen LogP contribution in [0.25, 0.3) is 5.76 Å². The van der Waals surface area contributed by atoms with E-state index in [0.717, 1.165) is 5.56 Å². The molecule has 1 aliphatic heterocycles. The maximum Gasteiger partial charge on any atom is 0.304 e. The number of carboxylic acids is 1. The molecule has 3 aromatic rings. The standard InChI is InChI=1S/C27H22ClNO5/c28-21-13-11-18(12-14-21)24-23(25(32)19-9-5-2-6-10-19)26(33)27(34)29(24)16-20(15-22(30)31)17-7-3-1-4-8-17/h1-14,20,24,32H,15-16H2,(H,30,31)/b25-23-. The fourth-order valence-electron chi connectivity index (χ4n) is 4.27. The highest BCUT2D eigenvalue weighted by atomic mass is 35.5. The van der Waals surface area contributed by atoms with Crippen LogP contribution in [0.5, 0.6) is 0 Å². The van der Waals surface area contributed by atoms with Crippen molar-refractivity contribution in [3.05, 3.63) is 112 Å². The molecule has 0 bridgehead atoms. The van der Waals surface area contributed by atoms with Crippen molar-refractivity contribution in [1.82, 2.24) is 4.90 Å². The summed E-state index contributed by atoms with van der Waals surface area (Å²) in [5.74, 6) is -3.45. The summed E-state index contributed by atoms with van der Waals surface area (Å²) in [5, 5.41) is 21.1. The molecule has 172 valence electrons. The first-order chi connectivity index (χ1) is 16.4. The van der Waals surface area contributed by atoms with Gasteiger partial charge in [0.05, 0.1) is 18.0 Å². The molecule has 0 aliphatic carbocycles. The van der Waals surface area contributed by atoms with Crippen molar-refractivity contribution in [2.24, 2.45) is 0 Å². The van der Waals surface area contributed by atoms with E-state index in [9.17, 15) is 24.6 Å². The van der Waals surface area contributed by atoms with E-state index >= 15 is 0 Å². The van der Waals surface area contributed by atoms with Gasteiger partial charge in [-0.3, -0.25) is 14.4 Å². The smallest absolute Gasteiger partial charge is 0.304 e. The first kappa shape index (κ1) is 23.3. The number of likely N-dealkylation sites (tertiary alicyclic amines) is 1. The van der Waals surface area contributed by atoms with Gasteiger partial charge in [0, 0.05) is 23.0 Å². The Labute approximate surface area is 201 Å². The van der Waals surface area contributed by atoms with Crippen LogP contribution in [-0.4, -0.2) is 39.3 Å². The summed E-state index contributed by atoms with van der Waals surface area (Å²) in [7, 11) is 0. The Morgan fingerprint density at radius 3 is 2.06 bits per heavy atom. The number of halogens is 1. The summed E-state index contributed by atoms with van der Waals surface area (Å²) in [6.45, 7) is -0.0141. The Balaban J connectivity index is 1.83. The van der Waals surface area contributed by atoms with Gasteiger partial charge in [0.15, 0.2) is 0 Å². The molecule has 3 aromatic carbocycles. The Bertz CT molecular complexity index is 1240. The van der Waals surface area contributed by atoms with Crippen LogP contribution in [0.4, 0.5) is 0 Å². The molecule has 2 N–H and O–H groups in total. The third-order valence-corrected chi connectivity index (χ3v) is 6.13. The van der Waals surface area contributed by atoms with Gasteiger partial charge >= 0.3 is 5.97 Å². The number of aliphatic hydroxyl groups excluding tert-OH is 1. The van der Waals surface area contributed by atoms with Gasteiger partial charge in [-0.2, -0.15) is 0 Å². The second kappa shape index (κ2) is 9.93. The van der Waals surface area contributed by atoms with Crippen LogP contribution in [0, 0.1) is 0 Å². The number of hydrogen-bond donors (Lipinski definition) is 2. The van der Waals surface area contributed by atoms with Gasteiger partial charge in [0.25, 0.3) is 11.7 Å². The zero-order valence-electron chi connectivity index (χ0n) is 18.1. The number of benzene rings is 3. The second-order valence-corrected chi connectivity index (χ2v) is 8.51. The van der Waals surface area contributed by atoms with Gasteiger partial charge in [-0.05, 0) is 23.3 Å². The van der Waals surface area contributed by atoms with Gasteiger partial charge in [-0.25, -0.2) is 0 Å². The van der Waals surface area contributed by atoms with Gasteiger partial charge in [-0.15, -0.1) is 0 Å². The van der Waals surface area contributed by atoms with Crippen molar-refractivity contribution in [2.75, 3.05) is 6.54 Å². The van der Waals surface area contributed by atoms with Crippen molar-refractivity contribution in [3.63, 3.8) is 0 Å². The molecular formula is C27H22ClNO5. The van der Waals surface area contributed by atoms with Crippen LogP contribution in [0.15, 0.2) is 90.5 Å². The van der Waals surface area contributed by atoms with Crippen LogP contribution >= 0.6 is 11.6 Å². The maximum atomic E-state index is 13.2. The minimum atomic E-state index is -1.02. The molecule has 2 unspecified atom stereocenters. The van der Waals surface area contributed by atoms with Crippen molar-refractivity contribution in [1.29, 1.82) is 0 Å². The number of aliphatic hydroxyl groups is 1. The van der Waals surface area contributed by atoms with Gasteiger partial charge in [0.1, 0.15) is 5.76 Å². The average Bonchev–Trinajstić information content (AvgIpc) is 3.09. The monoisotopic (exact) mass is 475 g/mol. The lowest BCUT2D eigenvalue weighted by atomic mass is 9.92. The molecule has 6 nitrogen and oxygen atoms in total. The van der Waals surface area contributed by atoms with E-state index in [4.69, 9.17) is 11.6 Å². The van der Waals surface area contributed by atoms with Gasteiger partial charge in [-0.1, -0.05) is 84.4 Å². The quantitative estimate of drug-likeness (QED) is 0.284. The number of hydrogen-bond acceptors (Lipinski definition) is 4. The Morgan fingerprint density at radius 2 is 1.47 bits per heavy atom. The zero-order valence-corrected chi connectivity index (χ0v) is 18.9. The number of amides is 1. The maximum absolute atomic E-state index is 13.2. The van der Waals surface area contributed by atoms with E-state index in [1.807, 2.05) is 6.07 Å². The minimum absolute atomic E-state index is 0.0141. The Hall–Kier alpha value is -3.90. The van der Waals surface area contributed by atoms with E-state index in [1.165, 1.54) is 4.90 Å². The molecule has 34 heavy (non-hydrogen) atoms. The van der Waals surface area contributed by atoms with Crippen LogP contribution in [-0.2, 0) is 14.4 Å². The molecule has 1 fully saturated rings. The number of Topliss-reactive ketones (excluding diaryl/α,β-unsaturated/α-hetero) is 1. The van der Waals surface area contributed by atoms with Crippen LogP contribution in [0.3, 0.4) is 0 Å². The summed E-state index contributed by atoms with van der Waals surface area (Å²) >= 11 is 6.05. The highest BCUT2D eigenvalue weighted by molar-refractivity contribution is 6.46. The third kappa shape index (κ3) is 4.72. The van der Waals surface area contributed by atoms with E-state index < -0.39 is 29.6 Å².